The Kier molecular flexibility index (Phi) is 5.51. The molecule has 1 amide bonds. The number of amides is 1. The van der Waals surface area contributed by atoms with Gasteiger partial charge in [0.25, 0.3) is 0 Å². The SMILES string of the molecule is Cc1occc1-c1nnc(SCC(=O)N[C@@H]2CCC[C@@H](C)[C@H]2C)n1C. The topological polar surface area (TPSA) is 72.9 Å². The van der Waals surface area contributed by atoms with Gasteiger partial charge in [-0.15, -0.1) is 10.2 Å². The molecular weight excluding hydrogens is 336 g/mol. The van der Waals surface area contributed by atoms with Crippen LogP contribution in [0.4, 0.5) is 0 Å². The Morgan fingerprint density at radius 3 is 2.92 bits per heavy atom. The summed E-state index contributed by atoms with van der Waals surface area (Å²) in [5.41, 5.74) is 0.927. The molecule has 0 spiro atoms. The molecule has 2 heterocycles. The lowest BCUT2D eigenvalue weighted by Crippen LogP contribution is -2.44. The van der Waals surface area contributed by atoms with Crippen molar-refractivity contribution in [3.05, 3.63) is 18.1 Å². The molecule has 0 bridgehead atoms. The van der Waals surface area contributed by atoms with E-state index in [1.165, 1.54) is 24.6 Å². The van der Waals surface area contributed by atoms with Gasteiger partial charge >= 0.3 is 0 Å². The van der Waals surface area contributed by atoms with Crippen molar-refractivity contribution in [2.24, 2.45) is 18.9 Å². The second-order valence-electron chi connectivity index (χ2n) is 6.99. The standard InChI is InChI=1S/C18H26N4O2S/c1-11-6-5-7-15(12(11)2)19-16(23)10-25-18-21-20-17(22(18)4)14-8-9-24-13(14)3/h8-9,11-12,15H,5-7,10H2,1-4H3,(H,19,23)/t11-,12-,15-/m1/s1. The Bertz CT molecular complexity index is 739. The summed E-state index contributed by atoms with van der Waals surface area (Å²) in [6, 6.07) is 2.17. The van der Waals surface area contributed by atoms with E-state index in [4.69, 9.17) is 4.42 Å². The highest BCUT2D eigenvalue weighted by Gasteiger charge is 2.28. The smallest absolute Gasteiger partial charge is 0.230 e. The normalized spacial score (nSPS) is 23.6. The quantitative estimate of drug-likeness (QED) is 0.825. The number of aryl methyl sites for hydroxylation is 1. The summed E-state index contributed by atoms with van der Waals surface area (Å²) in [6.07, 6.45) is 5.18. The van der Waals surface area contributed by atoms with Crippen molar-refractivity contribution in [2.45, 2.75) is 51.2 Å². The van der Waals surface area contributed by atoms with Gasteiger partial charge in [0.2, 0.25) is 5.91 Å². The molecule has 0 radical (unpaired) electrons. The number of rotatable bonds is 5. The van der Waals surface area contributed by atoms with E-state index in [9.17, 15) is 4.79 Å². The summed E-state index contributed by atoms with van der Waals surface area (Å²) in [4.78, 5) is 12.3. The summed E-state index contributed by atoms with van der Waals surface area (Å²) in [6.45, 7) is 6.41. The Morgan fingerprint density at radius 1 is 1.40 bits per heavy atom. The molecule has 136 valence electrons. The van der Waals surface area contributed by atoms with Gasteiger partial charge in [0.05, 0.1) is 17.6 Å². The van der Waals surface area contributed by atoms with E-state index in [1.54, 1.807) is 6.26 Å². The average molecular weight is 362 g/mol. The molecule has 6 nitrogen and oxygen atoms in total. The van der Waals surface area contributed by atoms with E-state index in [0.717, 1.165) is 28.7 Å². The van der Waals surface area contributed by atoms with E-state index >= 15 is 0 Å². The number of hydrogen-bond donors (Lipinski definition) is 1. The number of carbonyl (C=O) groups excluding carboxylic acids is 1. The highest BCUT2D eigenvalue weighted by atomic mass is 32.2. The maximum atomic E-state index is 12.3. The van der Waals surface area contributed by atoms with E-state index < -0.39 is 0 Å². The lowest BCUT2D eigenvalue weighted by atomic mass is 9.78. The molecule has 0 aromatic carbocycles. The first-order valence-electron chi connectivity index (χ1n) is 8.83. The van der Waals surface area contributed by atoms with Gasteiger partial charge in [0, 0.05) is 13.1 Å². The van der Waals surface area contributed by atoms with Gasteiger partial charge in [-0.2, -0.15) is 0 Å². The highest BCUT2D eigenvalue weighted by molar-refractivity contribution is 7.99. The van der Waals surface area contributed by atoms with Gasteiger partial charge in [-0.1, -0.05) is 38.5 Å². The monoisotopic (exact) mass is 362 g/mol. The maximum Gasteiger partial charge on any atom is 0.230 e. The zero-order valence-electron chi connectivity index (χ0n) is 15.3. The number of furan rings is 1. The highest BCUT2D eigenvalue weighted by Crippen LogP contribution is 2.30. The fraction of sp³-hybridized carbons (Fsp3) is 0.611. The Labute approximate surface area is 152 Å². The van der Waals surface area contributed by atoms with Gasteiger partial charge < -0.3 is 14.3 Å². The molecular formula is C18H26N4O2S. The number of aromatic nitrogens is 3. The molecule has 0 aliphatic heterocycles. The van der Waals surface area contributed by atoms with Crippen LogP contribution in [0.1, 0.15) is 38.9 Å². The molecule has 2 aromatic rings. The minimum absolute atomic E-state index is 0.0694. The van der Waals surface area contributed by atoms with Crippen molar-refractivity contribution >= 4 is 17.7 Å². The molecule has 2 aromatic heterocycles. The third-order valence-electron chi connectivity index (χ3n) is 5.32. The van der Waals surface area contributed by atoms with Crippen molar-refractivity contribution in [1.29, 1.82) is 0 Å². The Morgan fingerprint density at radius 2 is 2.20 bits per heavy atom. The van der Waals surface area contributed by atoms with Crippen LogP contribution in [0.15, 0.2) is 21.9 Å². The second kappa shape index (κ2) is 7.64. The largest absolute Gasteiger partial charge is 0.469 e. The third-order valence-corrected chi connectivity index (χ3v) is 6.34. The molecule has 3 rings (SSSR count). The summed E-state index contributed by atoms with van der Waals surface area (Å²) >= 11 is 1.42. The van der Waals surface area contributed by atoms with Crippen molar-refractivity contribution < 1.29 is 9.21 Å². The van der Waals surface area contributed by atoms with E-state index in [-0.39, 0.29) is 5.91 Å². The van der Waals surface area contributed by atoms with Crippen LogP contribution < -0.4 is 5.32 Å². The summed E-state index contributed by atoms with van der Waals surface area (Å²) in [5.74, 6) is 3.20. The van der Waals surface area contributed by atoms with Crippen LogP contribution in [-0.2, 0) is 11.8 Å². The number of carbonyl (C=O) groups is 1. The van der Waals surface area contributed by atoms with Crippen molar-refractivity contribution in [1.82, 2.24) is 20.1 Å². The summed E-state index contributed by atoms with van der Waals surface area (Å²) in [5, 5.41) is 12.4. The van der Waals surface area contributed by atoms with Gasteiger partial charge in [-0.25, -0.2) is 0 Å². The van der Waals surface area contributed by atoms with Gasteiger partial charge in [-0.3, -0.25) is 4.79 Å². The minimum atomic E-state index is 0.0694. The maximum absolute atomic E-state index is 12.3. The molecule has 1 aliphatic carbocycles. The van der Waals surface area contributed by atoms with Crippen molar-refractivity contribution in [3.8, 4) is 11.4 Å². The lowest BCUT2D eigenvalue weighted by molar-refractivity contribution is -0.120. The summed E-state index contributed by atoms with van der Waals surface area (Å²) in [7, 11) is 1.91. The number of thioether (sulfide) groups is 1. The molecule has 0 saturated heterocycles. The molecule has 1 fully saturated rings. The zero-order chi connectivity index (χ0) is 18.0. The Hall–Kier alpha value is -1.76. The van der Waals surface area contributed by atoms with Crippen LogP contribution in [0, 0.1) is 18.8 Å². The molecule has 25 heavy (non-hydrogen) atoms. The van der Waals surface area contributed by atoms with Crippen LogP contribution >= 0.6 is 11.8 Å². The van der Waals surface area contributed by atoms with Crippen LogP contribution in [0.25, 0.3) is 11.4 Å². The predicted octanol–water partition coefficient (Wildman–Crippen LogP) is 3.42. The molecule has 0 unspecified atom stereocenters. The first kappa shape index (κ1) is 18.0. The molecule has 1 N–H and O–H groups in total. The van der Waals surface area contributed by atoms with Crippen LogP contribution in [0.2, 0.25) is 0 Å². The lowest BCUT2D eigenvalue weighted by Gasteiger charge is -2.34. The minimum Gasteiger partial charge on any atom is -0.469 e. The third kappa shape index (κ3) is 3.92. The van der Waals surface area contributed by atoms with E-state index in [0.29, 0.717) is 23.6 Å². The number of nitrogens with one attached hydrogen (secondary N) is 1. The zero-order valence-corrected chi connectivity index (χ0v) is 16.1. The molecule has 1 aliphatic rings. The molecule has 7 heteroatoms. The van der Waals surface area contributed by atoms with Gasteiger partial charge in [-0.05, 0) is 31.2 Å². The van der Waals surface area contributed by atoms with Crippen LogP contribution in [0.5, 0.6) is 0 Å². The predicted molar refractivity (Wildman–Crippen MR) is 98.3 cm³/mol. The van der Waals surface area contributed by atoms with Crippen LogP contribution in [0.3, 0.4) is 0 Å². The fourth-order valence-electron chi connectivity index (χ4n) is 3.46. The Balaban J connectivity index is 1.58. The van der Waals surface area contributed by atoms with Crippen molar-refractivity contribution in [2.75, 3.05) is 5.75 Å². The summed E-state index contributed by atoms with van der Waals surface area (Å²) < 4.78 is 7.24. The second-order valence-corrected chi connectivity index (χ2v) is 7.93. The average Bonchev–Trinajstić information content (AvgIpc) is 3.15. The first-order valence-corrected chi connectivity index (χ1v) is 9.82. The number of nitrogens with zero attached hydrogens (tertiary/aromatic N) is 3. The van der Waals surface area contributed by atoms with Gasteiger partial charge in [0.15, 0.2) is 11.0 Å². The van der Waals surface area contributed by atoms with Crippen LogP contribution in [-0.4, -0.2) is 32.5 Å². The van der Waals surface area contributed by atoms with E-state index in [1.807, 2.05) is 24.6 Å². The van der Waals surface area contributed by atoms with Gasteiger partial charge in [0.1, 0.15) is 5.76 Å². The van der Waals surface area contributed by atoms with Crippen molar-refractivity contribution in [3.63, 3.8) is 0 Å². The van der Waals surface area contributed by atoms with E-state index in [2.05, 4.69) is 29.4 Å². The molecule has 3 atom stereocenters. The number of hydrogen-bond acceptors (Lipinski definition) is 5. The first-order chi connectivity index (χ1) is 12.0. The molecule has 1 saturated carbocycles. The fourth-order valence-corrected chi connectivity index (χ4v) is 4.18.